The highest BCUT2D eigenvalue weighted by Crippen LogP contribution is 2.32. The van der Waals surface area contributed by atoms with E-state index in [2.05, 4.69) is 148 Å². The zero-order chi connectivity index (χ0) is 46.9. The van der Waals surface area contributed by atoms with E-state index in [1.54, 1.807) is 0 Å². The summed E-state index contributed by atoms with van der Waals surface area (Å²) in [6.07, 6.45) is 5.78. The van der Waals surface area contributed by atoms with Crippen LogP contribution < -0.4 is 14.2 Å². The van der Waals surface area contributed by atoms with E-state index in [1.165, 1.54) is 32.3 Å². The predicted molar refractivity (Wildman–Crippen MR) is 287 cm³/mol. The zero-order valence-corrected chi connectivity index (χ0v) is 39.0. The van der Waals surface area contributed by atoms with Gasteiger partial charge in [-0.3, -0.25) is 15.0 Å². The lowest BCUT2D eigenvalue weighted by Gasteiger charge is -2.23. The van der Waals surface area contributed by atoms with Crippen LogP contribution in [0.2, 0.25) is 0 Å². The molecule has 6 nitrogen and oxygen atoms in total. The molecule has 0 spiro atoms. The molecule has 336 valence electrons. The van der Waals surface area contributed by atoms with Gasteiger partial charge in [0.2, 0.25) is 0 Å². The fourth-order valence-electron chi connectivity index (χ4n) is 8.91. The number of benzene rings is 10. The number of hydrogen-bond donors (Lipinski definition) is 0. The molecule has 10 aromatic rings. The minimum Gasteiger partial charge on any atom is -0.489 e. The number of rotatable bonds is 15. The van der Waals surface area contributed by atoms with Gasteiger partial charge < -0.3 is 14.2 Å². The van der Waals surface area contributed by atoms with Crippen molar-refractivity contribution < 1.29 is 14.2 Å². The second-order valence-corrected chi connectivity index (χ2v) is 17.1. The van der Waals surface area contributed by atoms with E-state index >= 15 is 0 Å². The van der Waals surface area contributed by atoms with Crippen LogP contribution in [0.3, 0.4) is 0 Å². The molecule has 0 N–H and O–H groups in total. The quantitative estimate of drug-likeness (QED) is 0.0963. The van der Waals surface area contributed by atoms with Crippen LogP contribution in [-0.2, 0) is 19.8 Å². The average molecular weight is 898 g/mol. The first-order valence-electron chi connectivity index (χ1n) is 23.3. The third-order valence-electron chi connectivity index (χ3n) is 12.9. The van der Waals surface area contributed by atoms with Crippen molar-refractivity contribution in [3.05, 3.63) is 250 Å². The van der Waals surface area contributed by atoms with Gasteiger partial charge in [0.15, 0.2) is 0 Å². The summed E-state index contributed by atoms with van der Waals surface area (Å²) in [6, 6.07) is 67.7. The van der Waals surface area contributed by atoms with Gasteiger partial charge in [0.1, 0.15) is 37.1 Å². The van der Waals surface area contributed by atoms with Crippen LogP contribution in [0.5, 0.6) is 17.2 Å². The van der Waals surface area contributed by atoms with Gasteiger partial charge in [-0.05, 0) is 159 Å². The summed E-state index contributed by atoms with van der Waals surface area (Å²) in [5.41, 5.74) is 12.5. The Morgan fingerprint density at radius 3 is 0.855 bits per heavy atom. The van der Waals surface area contributed by atoms with Crippen LogP contribution in [0.4, 0.5) is 17.1 Å². The molecular weight excluding hydrogens is 847 g/mol. The third-order valence-corrected chi connectivity index (χ3v) is 12.9. The van der Waals surface area contributed by atoms with Crippen LogP contribution in [0, 0.1) is 20.8 Å². The van der Waals surface area contributed by atoms with Gasteiger partial charge in [-0.2, -0.15) is 0 Å². The lowest BCUT2D eigenvalue weighted by molar-refractivity contribution is 0.290. The Balaban J connectivity index is 0.864. The molecule has 0 amide bonds. The minimum absolute atomic E-state index is 0.378. The van der Waals surface area contributed by atoms with Crippen molar-refractivity contribution in [1.29, 1.82) is 0 Å². The van der Waals surface area contributed by atoms with E-state index < -0.39 is 0 Å². The van der Waals surface area contributed by atoms with Crippen LogP contribution in [-0.4, -0.2) is 18.6 Å². The highest BCUT2D eigenvalue weighted by molar-refractivity contribution is 6.02. The molecule has 0 aliphatic carbocycles. The largest absolute Gasteiger partial charge is 0.489 e. The maximum absolute atomic E-state index is 6.53. The molecule has 0 atom stereocenters. The van der Waals surface area contributed by atoms with Gasteiger partial charge in [0, 0.05) is 35.3 Å². The maximum atomic E-state index is 6.53. The van der Waals surface area contributed by atoms with Crippen molar-refractivity contribution in [3.63, 3.8) is 0 Å². The predicted octanol–water partition coefficient (Wildman–Crippen LogP) is 16.1. The number of hydrogen-bond acceptors (Lipinski definition) is 6. The second-order valence-electron chi connectivity index (χ2n) is 17.1. The number of ether oxygens (including phenoxy) is 3. The number of nitrogens with zero attached hydrogens (tertiary/aromatic N) is 3. The highest BCUT2D eigenvalue weighted by atomic mass is 16.5. The summed E-state index contributed by atoms with van der Waals surface area (Å²) < 4.78 is 19.6. The molecular formula is C63H51N3O3. The van der Waals surface area contributed by atoms with Crippen LogP contribution in [0.15, 0.2) is 215 Å². The van der Waals surface area contributed by atoms with Crippen LogP contribution in [0.25, 0.3) is 32.3 Å². The topological polar surface area (TPSA) is 64.8 Å². The summed E-state index contributed by atoms with van der Waals surface area (Å²) in [5.74, 6) is 2.29. The molecule has 10 aromatic carbocycles. The Bertz CT molecular complexity index is 3110. The second kappa shape index (κ2) is 20.5. The molecule has 0 aliphatic heterocycles. The molecule has 0 fully saturated rings. The zero-order valence-electron chi connectivity index (χ0n) is 39.0. The number of fused-ring (bicyclic) bond motifs is 3. The summed E-state index contributed by atoms with van der Waals surface area (Å²) >= 11 is 0. The highest BCUT2D eigenvalue weighted by Gasteiger charge is 2.19. The Morgan fingerprint density at radius 2 is 0.565 bits per heavy atom. The van der Waals surface area contributed by atoms with E-state index in [0.717, 1.165) is 84.4 Å². The normalized spacial score (nSPS) is 11.7. The first-order chi connectivity index (χ1) is 33.9. The molecule has 0 radical (unpaired) electrons. The lowest BCUT2D eigenvalue weighted by atomic mass is 9.89. The van der Waals surface area contributed by atoms with Gasteiger partial charge in [-0.25, -0.2) is 0 Å². The van der Waals surface area contributed by atoms with Gasteiger partial charge in [-0.1, -0.05) is 127 Å². The molecule has 0 unspecified atom stereocenters. The van der Waals surface area contributed by atoms with Crippen molar-refractivity contribution in [2.75, 3.05) is 0 Å². The van der Waals surface area contributed by atoms with Crippen molar-refractivity contribution in [3.8, 4) is 17.2 Å². The molecule has 6 heteroatoms. The van der Waals surface area contributed by atoms with Crippen molar-refractivity contribution in [2.45, 2.75) is 40.6 Å². The fraction of sp³-hybridized carbons (Fsp3) is 0.0952. The number of aliphatic imine (C=N–C) groups is 3. The van der Waals surface area contributed by atoms with Gasteiger partial charge >= 0.3 is 0 Å². The maximum Gasteiger partial charge on any atom is 0.119 e. The van der Waals surface area contributed by atoms with E-state index in [1.807, 2.05) is 91.4 Å². The SMILES string of the molecule is Cc1c(COc2ccc(N=Cc3cccc4ccccc34)cc2)c(C)c(COc2ccc(N=Cc3cccc4ccccc34)cc2)c(C)c1COc1ccc(N=Cc2cccc3ccccc23)cc1. The monoisotopic (exact) mass is 897 g/mol. The summed E-state index contributed by atoms with van der Waals surface area (Å²) in [7, 11) is 0. The van der Waals surface area contributed by atoms with Gasteiger partial charge in [-0.15, -0.1) is 0 Å². The molecule has 0 saturated carbocycles. The van der Waals surface area contributed by atoms with Crippen LogP contribution in [0.1, 0.15) is 50.1 Å². The lowest BCUT2D eigenvalue weighted by Crippen LogP contribution is -2.13. The molecule has 0 saturated heterocycles. The molecule has 0 heterocycles. The van der Waals surface area contributed by atoms with E-state index in [0.29, 0.717) is 19.8 Å². The molecule has 0 aromatic heterocycles. The van der Waals surface area contributed by atoms with E-state index in [9.17, 15) is 0 Å². The minimum atomic E-state index is 0.378. The summed E-state index contributed by atoms with van der Waals surface area (Å²) in [5, 5.41) is 7.10. The Labute approximate surface area is 403 Å². The van der Waals surface area contributed by atoms with Gasteiger partial charge in [0.25, 0.3) is 0 Å². The molecule has 10 rings (SSSR count). The Kier molecular flexibility index (Phi) is 13.1. The molecule has 69 heavy (non-hydrogen) atoms. The fourth-order valence-corrected chi connectivity index (χ4v) is 8.91. The first kappa shape index (κ1) is 44.2. The summed E-state index contributed by atoms with van der Waals surface area (Å²) in [6.45, 7) is 7.62. The summed E-state index contributed by atoms with van der Waals surface area (Å²) in [4.78, 5) is 14.4. The van der Waals surface area contributed by atoms with E-state index in [4.69, 9.17) is 29.2 Å². The average Bonchev–Trinajstić information content (AvgIpc) is 3.40. The third kappa shape index (κ3) is 10.2. The van der Waals surface area contributed by atoms with Crippen molar-refractivity contribution >= 4 is 68.0 Å². The van der Waals surface area contributed by atoms with Gasteiger partial charge in [0.05, 0.1) is 17.1 Å². The Morgan fingerprint density at radius 1 is 0.304 bits per heavy atom. The van der Waals surface area contributed by atoms with Crippen molar-refractivity contribution in [1.82, 2.24) is 0 Å². The first-order valence-corrected chi connectivity index (χ1v) is 23.3. The molecule has 0 aliphatic rings. The standard InChI is InChI=1S/C63H51N3O3/c1-43-61(40-67-55-31-25-52(26-32-55)64-37-49-19-10-16-46-13-4-7-22-58(46)49)44(2)63(42-69-57-35-29-54(30-36-57)66-39-51-21-12-18-48-15-6-9-24-60(48)51)45(3)62(43)41-68-56-33-27-53(28-34-56)65-38-50-20-11-17-47-14-5-8-23-59(47)50/h4-39H,40-42H2,1-3H3. The van der Waals surface area contributed by atoms with Crippen LogP contribution >= 0.6 is 0 Å². The molecule has 0 bridgehead atoms. The Hall–Kier alpha value is -8.61. The van der Waals surface area contributed by atoms with Crippen molar-refractivity contribution in [2.24, 2.45) is 15.0 Å². The van der Waals surface area contributed by atoms with E-state index in [-0.39, 0.29) is 0 Å². The smallest absolute Gasteiger partial charge is 0.119 e.